The predicted molar refractivity (Wildman–Crippen MR) is 160 cm³/mol. The van der Waals surface area contributed by atoms with Crippen LogP contribution in [0.1, 0.15) is 90.4 Å². The first-order valence-electron chi connectivity index (χ1n) is 15.0. The molecule has 0 spiro atoms. The molecule has 3 saturated heterocycles. The maximum Gasteiger partial charge on any atom is 0.306 e. The molecule has 7 nitrogen and oxygen atoms in total. The summed E-state index contributed by atoms with van der Waals surface area (Å²) in [5, 5.41) is 0.479. The normalized spacial score (nSPS) is 19.9. The van der Waals surface area contributed by atoms with E-state index in [9.17, 15) is 14.4 Å². The number of amides is 2. The van der Waals surface area contributed by atoms with Crippen LogP contribution in [-0.2, 0) is 14.3 Å². The van der Waals surface area contributed by atoms with E-state index in [-0.39, 0.29) is 23.2 Å². The van der Waals surface area contributed by atoms with Crippen LogP contribution in [0.3, 0.4) is 0 Å². The van der Waals surface area contributed by atoms with Gasteiger partial charge in [0, 0.05) is 57.3 Å². The number of nitrogens with zero attached hydrogens (tertiary/aromatic N) is 3. The maximum atomic E-state index is 13.0. The van der Waals surface area contributed by atoms with Crippen LogP contribution in [0.25, 0.3) is 0 Å². The van der Waals surface area contributed by atoms with Crippen LogP contribution in [0.2, 0.25) is 5.02 Å². The Hall–Kier alpha value is -2.28. The molecule has 1 aromatic rings. The maximum absolute atomic E-state index is 13.0. The van der Waals surface area contributed by atoms with Crippen molar-refractivity contribution in [2.45, 2.75) is 85.7 Å². The van der Waals surface area contributed by atoms with Crippen molar-refractivity contribution in [3.63, 3.8) is 0 Å². The number of ether oxygens (including phenoxy) is 1. The average molecular weight is 574 g/mol. The zero-order valence-electron chi connectivity index (χ0n) is 25.3. The second kappa shape index (κ2) is 12.3. The summed E-state index contributed by atoms with van der Waals surface area (Å²) in [6.07, 6.45) is 5.46. The van der Waals surface area contributed by atoms with Gasteiger partial charge in [0.25, 0.3) is 5.91 Å². The highest BCUT2D eigenvalue weighted by Crippen LogP contribution is 2.36. The Morgan fingerprint density at radius 2 is 1.45 bits per heavy atom. The van der Waals surface area contributed by atoms with E-state index in [4.69, 9.17) is 16.3 Å². The summed E-state index contributed by atoms with van der Waals surface area (Å²) >= 11 is 6.61. The fourth-order valence-corrected chi connectivity index (χ4v) is 6.60. The number of anilines is 1. The molecule has 0 bridgehead atoms. The third-order valence-corrected chi connectivity index (χ3v) is 8.76. The van der Waals surface area contributed by atoms with Crippen molar-refractivity contribution < 1.29 is 19.1 Å². The quantitative estimate of drug-likeness (QED) is 0.388. The van der Waals surface area contributed by atoms with Gasteiger partial charge < -0.3 is 19.4 Å². The summed E-state index contributed by atoms with van der Waals surface area (Å²) in [5.74, 6) is 1.53. The summed E-state index contributed by atoms with van der Waals surface area (Å²) in [6, 6.07) is 5.78. The molecule has 4 rings (SSSR count). The lowest BCUT2D eigenvalue weighted by Crippen LogP contribution is -2.51. The van der Waals surface area contributed by atoms with Crippen molar-refractivity contribution in [2.24, 2.45) is 23.2 Å². The summed E-state index contributed by atoms with van der Waals surface area (Å²) in [6.45, 7) is 16.8. The van der Waals surface area contributed by atoms with E-state index in [0.29, 0.717) is 54.3 Å². The first-order chi connectivity index (χ1) is 18.7. The van der Waals surface area contributed by atoms with E-state index in [0.717, 1.165) is 57.5 Å². The number of benzene rings is 1. The highest BCUT2D eigenvalue weighted by Gasteiger charge is 2.35. The van der Waals surface area contributed by atoms with Gasteiger partial charge in [-0.3, -0.25) is 14.4 Å². The highest BCUT2D eigenvalue weighted by atomic mass is 35.5. The van der Waals surface area contributed by atoms with Gasteiger partial charge in [-0.1, -0.05) is 32.4 Å². The van der Waals surface area contributed by atoms with Gasteiger partial charge >= 0.3 is 5.97 Å². The third-order valence-electron chi connectivity index (χ3n) is 8.45. The fraction of sp³-hybridized carbons (Fsp3) is 0.719. The second-order valence-corrected chi connectivity index (χ2v) is 14.7. The van der Waals surface area contributed by atoms with Crippen LogP contribution in [-0.4, -0.2) is 72.5 Å². The Kier molecular flexibility index (Phi) is 9.43. The Morgan fingerprint density at radius 3 is 1.98 bits per heavy atom. The number of piperidine rings is 2. The molecule has 0 N–H and O–H groups in total. The summed E-state index contributed by atoms with van der Waals surface area (Å²) in [4.78, 5) is 43.9. The van der Waals surface area contributed by atoms with Gasteiger partial charge in [0.1, 0.15) is 5.60 Å². The third kappa shape index (κ3) is 8.14. The fourth-order valence-electron chi connectivity index (χ4n) is 6.34. The van der Waals surface area contributed by atoms with E-state index >= 15 is 0 Å². The number of esters is 1. The number of rotatable bonds is 6. The van der Waals surface area contributed by atoms with Gasteiger partial charge in [-0.05, 0) is 81.9 Å². The van der Waals surface area contributed by atoms with Gasteiger partial charge in [-0.2, -0.15) is 0 Å². The van der Waals surface area contributed by atoms with E-state index < -0.39 is 5.60 Å². The van der Waals surface area contributed by atoms with Crippen molar-refractivity contribution >= 4 is 35.1 Å². The van der Waals surface area contributed by atoms with Crippen molar-refractivity contribution in [3.05, 3.63) is 28.8 Å². The molecule has 3 heterocycles. The van der Waals surface area contributed by atoms with E-state index in [1.807, 2.05) is 39.0 Å². The van der Waals surface area contributed by atoms with Gasteiger partial charge in [0.15, 0.2) is 0 Å². The average Bonchev–Trinajstić information content (AvgIpc) is 2.83. The summed E-state index contributed by atoms with van der Waals surface area (Å²) < 4.78 is 5.40. The zero-order chi connectivity index (χ0) is 29.2. The lowest BCUT2D eigenvalue weighted by molar-refractivity contribution is -0.157. The molecule has 2 amide bonds. The molecule has 0 aromatic heterocycles. The second-order valence-electron chi connectivity index (χ2n) is 14.3. The van der Waals surface area contributed by atoms with Crippen molar-refractivity contribution in [1.29, 1.82) is 0 Å². The first-order valence-corrected chi connectivity index (χ1v) is 15.4. The van der Waals surface area contributed by atoms with E-state index in [2.05, 4.69) is 30.6 Å². The minimum absolute atomic E-state index is 0.0380. The van der Waals surface area contributed by atoms with Crippen LogP contribution in [0.4, 0.5) is 5.69 Å². The van der Waals surface area contributed by atoms with E-state index in [1.54, 1.807) is 4.90 Å². The topological polar surface area (TPSA) is 70.2 Å². The van der Waals surface area contributed by atoms with Crippen molar-refractivity contribution in [2.75, 3.05) is 44.2 Å². The molecule has 3 fully saturated rings. The number of halogens is 1. The molecule has 40 heavy (non-hydrogen) atoms. The molecule has 222 valence electrons. The van der Waals surface area contributed by atoms with Gasteiger partial charge in [0.2, 0.25) is 5.91 Å². The Morgan fingerprint density at radius 1 is 0.875 bits per heavy atom. The smallest absolute Gasteiger partial charge is 0.306 e. The molecule has 1 aromatic carbocycles. The standard InChI is InChI=1S/C32H48ClN3O4/c1-31(2,3)19-28(37)35-15-11-24(12-16-35)23-9-13-34(14-10-23)25-7-8-26(27(33)18-25)30(39)36-20-22(21-36)17-29(38)40-32(4,5)6/h7-8,18,22-24H,9-17,19-21H2,1-6H3. The summed E-state index contributed by atoms with van der Waals surface area (Å²) in [5.41, 5.74) is 1.13. The van der Waals surface area contributed by atoms with Crippen molar-refractivity contribution in [1.82, 2.24) is 9.80 Å². The van der Waals surface area contributed by atoms with Crippen LogP contribution in [0.5, 0.6) is 0 Å². The number of hydrogen-bond donors (Lipinski definition) is 0. The monoisotopic (exact) mass is 573 g/mol. The zero-order valence-corrected chi connectivity index (χ0v) is 26.1. The molecule has 0 unspecified atom stereocenters. The Bertz CT molecular complexity index is 1070. The molecular formula is C32H48ClN3O4. The number of carbonyl (C=O) groups is 3. The number of carbonyl (C=O) groups excluding carboxylic acids is 3. The van der Waals surface area contributed by atoms with Crippen LogP contribution < -0.4 is 4.90 Å². The molecule has 0 radical (unpaired) electrons. The number of likely N-dealkylation sites (tertiary alicyclic amines) is 2. The molecule has 8 heteroatoms. The molecule has 3 aliphatic rings. The molecule has 0 saturated carbocycles. The summed E-state index contributed by atoms with van der Waals surface area (Å²) in [7, 11) is 0. The Labute approximate surface area is 245 Å². The highest BCUT2D eigenvalue weighted by molar-refractivity contribution is 6.34. The number of hydrogen-bond acceptors (Lipinski definition) is 5. The molecular weight excluding hydrogens is 526 g/mol. The van der Waals surface area contributed by atoms with Crippen LogP contribution >= 0.6 is 11.6 Å². The van der Waals surface area contributed by atoms with Crippen LogP contribution in [0, 0.1) is 23.2 Å². The first kappa shape index (κ1) is 30.7. The minimum atomic E-state index is -0.494. The molecule has 0 atom stereocenters. The Balaban J connectivity index is 1.22. The van der Waals surface area contributed by atoms with Crippen LogP contribution in [0.15, 0.2) is 18.2 Å². The van der Waals surface area contributed by atoms with Gasteiger partial charge in [0.05, 0.1) is 17.0 Å². The van der Waals surface area contributed by atoms with Crippen molar-refractivity contribution in [3.8, 4) is 0 Å². The lowest BCUT2D eigenvalue weighted by Gasteiger charge is -2.41. The van der Waals surface area contributed by atoms with Gasteiger partial charge in [-0.25, -0.2) is 0 Å². The predicted octanol–water partition coefficient (Wildman–Crippen LogP) is 6.04. The van der Waals surface area contributed by atoms with E-state index in [1.165, 1.54) is 0 Å². The largest absolute Gasteiger partial charge is 0.460 e. The SMILES string of the molecule is CC(C)(C)CC(=O)N1CCC(C2CCN(c3ccc(C(=O)N4CC(CC(=O)OC(C)(C)C)C4)c(Cl)c3)CC2)CC1. The minimum Gasteiger partial charge on any atom is -0.460 e. The lowest BCUT2D eigenvalue weighted by atomic mass is 9.78. The molecule has 0 aliphatic carbocycles. The molecule has 3 aliphatic heterocycles. The van der Waals surface area contributed by atoms with Gasteiger partial charge in [-0.15, -0.1) is 0 Å².